The summed E-state index contributed by atoms with van der Waals surface area (Å²) >= 11 is 0. The smallest absolute Gasteiger partial charge is 0.297 e. The number of aliphatic hydroxyl groups excluding tert-OH is 1. The number of benzene rings is 2. The lowest BCUT2D eigenvalue weighted by Gasteiger charge is -2.37. The molecule has 3 aromatic rings. The van der Waals surface area contributed by atoms with E-state index in [1.807, 2.05) is 55.5 Å². The maximum atomic E-state index is 15.8. The maximum absolute atomic E-state index is 15.8. The largest absolute Gasteiger partial charge is 0.491 e. The maximum Gasteiger partial charge on any atom is 0.297 e. The molecule has 1 fully saturated rings. The topological polar surface area (TPSA) is 81.0 Å². The Morgan fingerprint density at radius 1 is 1.10 bits per heavy atom. The van der Waals surface area contributed by atoms with E-state index in [9.17, 15) is 14.7 Å². The van der Waals surface area contributed by atoms with E-state index in [1.165, 1.54) is 7.11 Å². The normalized spacial score (nSPS) is 24.0. The minimum atomic E-state index is -3.16. The molecule has 0 unspecified atom stereocenters. The van der Waals surface area contributed by atoms with Crippen LogP contribution in [0.15, 0.2) is 71.7 Å². The van der Waals surface area contributed by atoms with Crippen molar-refractivity contribution in [2.45, 2.75) is 76.0 Å². The third-order valence-electron chi connectivity index (χ3n) is 9.00. The number of ether oxygens (including phenoxy) is 2. The van der Waals surface area contributed by atoms with E-state index >= 15 is 4.11 Å². The van der Waals surface area contributed by atoms with Crippen LogP contribution >= 0.6 is 0 Å². The average molecular weight is 593 g/mol. The van der Waals surface area contributed by atoms with Gasteiger partial charge >= 0.3 is 0 Å². The first-order chi connectivity index (χ1) is 20.1. The Balaban J connectivity index is 1.29. The molecule has 0 bridgehead atoms. The van der Waals surface area contributed by atoms with Gasteiger partial charge < -0.3 is 23.6 Å². The van der Waals surface area contributed by atoms with Crippen molar-refractivity contribution in [3.63, 3.8) is 0 Å². The highest BCUT2D eigenvalue weighted by atomic mass is 28.4. The fraction of sp³-hybridized carbons (Fsp3) is 0.455. The van der Waals surface area contributed by atoms with Gasteiger partial charge in [-0.1, -0.05) is 43.3 Å². The van der Waals surface area contributed by atoms with Gasteiger partial charge in [0, 0.05) is 24.0 Å². The number of carbonyl (C=O) groups is 1. The Hall–Kier alpha value is -3.27. The van der Waals surface area contributed by atoms with Crippen molar-refractivity contribution in [3.05, 3.63) is 93.9 Å². The number of amides is 1. The summed E-state index contributed by atoms with van der Waals surface area (Å²) in [7, 11) is -1.68. The van der Waals surface area contributed by atoms with Crippen LogP contribution in [0.2, 0.25) is 18.6 Å². The van der Waals surface area contributed by atoms with Crippen molar-refractivity contribution in [1.82, 2.24) is 9.47 Å². The lowest BCUT2D eigenvalue weighted by Crippen LogP contribution is -2.48. The molecule has 7 nitrogen and oxygen atoms in total. The van der Waals surface area contributed by atoms with Crippen LogP contribution in [0.25, 0.3) is 5.69 Å². The van der Waals surface area contributed by atoms with Crippen molar-refractivity contribution < 1.29 is 23.5 Å². The third kappa shape index (κ3) is 6.23. The summed E-state index contributed by atoms with van der Waals surface area (Å²) in [6.45, 7) is 5.80. The van der Waals surface area contributed by atoms with Crippen molar-refractivity contribution in [2.24, 2.45) is 5.92 Å². The van der Waals surface area contributed by atoms with Crippen LogP contribution in [0.5, 0.6) is 5.75 Å². The quantitative estimate of drug-likeness (QED) is 0.278. The van der Waals surface area contributed by atoms with Crippen LogP contribution < -0.4 is 10.3 Å². The second-order valence-corrected chi connectivity index (χ2v) is 16.0. The number of hydrogen-bond acceptors (Lipinski definition) is 5. The van der Waals surface area contributed by atoms with E-state index < -0.39 is 14.5 Å². The summed E-state index contributed by atoms with van der Waals surface area (Å²) in [5.74, 6) is 0.148. The molecule has 0 aliphatic carbocycles. The van der Waals surface area contributed by atoms with Gasteiger partial charge in [-0.15, -0.1) is 0 Å². The van der Waals surface area contributed by atoms with Crippen LogP contribution in [-0.4, -0.2) is 60.9 Å². The summed E-state index contributed by atoms with van der Waals surface area (Å²) in [6.07, 6.45) is 3.12. The van der Waals surface area contributed by atoms with E-state index in [2.05, 4.69) is 0 Å². The number of aliphatic hydroxyl groups is 1. The number of aryl methyl sites for hydroxylation is 1. The van der Waals surface area contributed by atoms with Crippen molar-refractivity contribution >= 4 is 14.3 Å². The number of carbonyl (C=O) groups excluding carboxylic acids is 1. The Morgan fingerprint density at radius 2 is 1.86 bits per heavy atom. The zero-order valence-electron chi connectivity index (χ0n) is 24.8. The summed E-state index contributed by atoms with van der Waals surface area (Å²) in [4.78, 5) is 28.1. The van der Waals surface area contributed by atoms with E-state index in [-0.39, 0.29) is 53.8 Å². The molecule has 0 saturated carbocycles. The van der Waals surface area contributed by atoms with Gasteiger partial charge in [-0.3, -0.25) is 14.2 Å². The fourth-order valence-corrected chi connectivity index (χ4v) is 9.46. The summed E-state index contributed by atoms with van der Waals surface area (Å²) in [5, 5.41) is 10.1. The Morgan fingerprint density at radius 3 is 2.57 bits per heavy atom. The fourth-order valence-electron chi connectivity index (χ4n) is 6.91. The van der Waals surface area contributed by atoms with Gasteiger partial charge in [0.15, 0.2) is 5.75 Å². The third-order valence-corrected chi connectivity index (χ3v) is 11.5. The first kappa shape index (κ1) is 30.2. The molecule has 2 aliphatic heterocycles. The lowest BCUT2D eigenvalue weighted by molar-refractivity contribution is -0.138. The Bertz CT molecular complexity index is 1470. The van der Waals surface area contributed by atoms with Gasteiger partial charge in [0.05, 0.1) is 38.4 Å². The highest BCUT2D eigenvalue weighted by Gasteiger charge is 2.52. The SMILES string of the molecule is COc1cccn(-c2cccc(CC[C@H]3O[C@@H](CC(=O)N4Cc5ccccc5C[C@H]4CO)[C@H]([Si](C)(C)F)[C@H]3C)c2)c1=O. The van der Waals surface area contributed by atoms with Crippen molar-refractivity contribution in [2.75, 3.05) is 13.7 Å². The standard InChI is InChI=1S/C33H41FN2O5Si/c1-22-28(15-14-23-9-7-12-26(17-23)35-16-8-13-29(40-2)33(35)39)41-30(32(22)42(3,4)34)19-31(38)36-20-25-11-6-5-10-24(25)18-27(36)21-37/h5-13,16-17,22,27-28,30,32,37H,14-15,18-21H2,1-4H3/t22-,27-,28+,30-,32+/m0/s1. The van der Waals surface area contributed by atoms with Crippen LogP contribution in [0.3, 0.4) is 0 Å². The predicted molar refractivity (Wildman–Crippen MR) is 163 cm³/mol. The highest BCUT2D eigenvalue weighted by Crippen LogP contribution is 2.47. The lowest BCUT2D eigenvalue weighted by atomic mass is 9.93. The Labute approximate surface area is 248 Å². The van der Waals surface area contributed by atoms with Crippen LogP contribution in [0.4, 0.5) is 4.11 Å². The molecule has 9 heteroatoms. The summed E-state index contributed by atoms with van der Waals surface area (Å²) < 4.78 is 29.0. The number of aromatic nitrogens is 1. The molecule has 224 valence electrons. The average Bonchev–Trinajstić information content (AvgIpc) is 3.30. The Kier molecular flexibility index (Phi) is 9.01. The molecule has 5 rings (SSSR count). The molecule has 2 aromatic carbocycles. The minimum Gasteiger partial charge on any atom is -0.491 e. The molecule has 1 saturated heterocycles. The molecule has 5 atom stereocenters. The molecule has 1 N–H and O–H groups in total. The van der Waals surface area contributed by atoms with E-state index in [0.717, 1.165) is 22.4 Å². The zero-order chi connectivity index (χ0) is 30.0. The number of fused-ring (bicyclic) bond motifs is 1. The van der Waals surface area contributed by atoms with Crippen LogP contribution in [0, 0.1) is 5.92 Å². The molecule has 2 aliphatic rings. The molecule has 0 radical (unpaired) electrons. The number of halogens is 1. The zero-order valence-corrected chi connectivity index (χ0v) is 25.8. The second-order valence-electron chi connectivity index (χ2n) is 12.2. The minimum absolute atomic E-state index is 0.0330. The van der Waals surface area contributed by atoms with Gasteiger partial charge in [0.1, 0.15) is 0 Å². The van der Waals surface area contributed by atoms with Gasteiger partial charge in [-0.2, -0.15) is 0 Å². The first-order valence-corrected chi connectivity index (χ1v) is 17.7. The number of nitrogens with zero attached hydrogens (tertiary/aromatic N) is 2. The van der Waals surface area contributed by atoms with Gasteiger partial charge in [-0.25, -0.2) is 0 Å². The van der Waals surface area contributed by atoms with Crippen LogP contribution in [-0.2, 0) is 28.9 Å². The van der Waals surface area contributed by atoms with Crippen molar-refractivity contribution in [3.8, 4) is 11.4 Å². The van der Waals surface area contributed by atoms with Gasteiger partial charge in [0.2, 0.25) is 14.3 Å². The number of hydrogen-bond donors (Lipinski definition) is 1. The highest BCUT2D eigenvalue weighted by molar-refractivity contribution is 6.72. The van der Waals surface area contributed by atoms with E-state index in [1.54, 1.807) is 40.9 Å². The molecule has 0 spiro atoms. The first-order valence-electron chi connectivity index (χ1n) is 14.8. The monoisotopic (exact) mass is 592 g/mol. The second kappa shape index (κ2) is 12.5. The molecule has 1 aromatic heterocycles. The predicted octanol–water partition coefficient (Wildman–Crippen LogP) is 5.06. The summed E-state index contributed by atoms with van der Waals surface area (Å²) in [5.41, 5.74) is 3.50. The molecule has 3 heterocycles. The molecule has 1 amide bonds. The van der Waals surface area contributed by atoms with Gasteiger partial charge in [0.25, 0.3) is 5.56 Å². The van der Waals surface area contributed by atoms with Gasteiger partial charge in [-0.05, 0) is 79.2 Å². The van der Waals surface area contributed by atoms with E-state index in [0.29, 0.717) is 25.8 Å². The molecular formula is C33H41FN2O5Si. The number of rotatable bonds is 9. The number of methoxy groups -OCH3 is 1. The summed E-state index contributed by atoms with van der Waals surface area (Å²) in [6, 6.07) is 18.9. The molecular weight excluding hydrogens is 551 g/mol. The number of pyridine rings is 1. The molecule has 42 heavy (non-hydrogen) atoms. The van der Waals surface area contributed by atoms with E-state index in [4.69, 9.17) is 9.47 Å². The van der Waals surface area contributed by atoms with Crippen molar-refractivity contribution in [1.29, 1.82) is 0 Å². The van der Waals surface area contributed by atoms with Crippen LogP contribution in [0.1, 0.15) is 36.5 Å².